The third-order valence-corrected chi connectivity index (χ3v) is 2.63. The molecule has 1 heterocycles. The first-order chi connectivity index (χ1) is 7.68. The third-order valence-electron chi connectivity index (χ3n) is 1.99. The molecule has 82 valence electrons. The number of hydrogen-bond donors (Lipinski definition) is 1. The van der Waals surface area contributed by atoms with Gasteiger partial charge in [-0.3, -0.25) is 4.98 Å². The molecule has 0 atom stereocenters. The van der Waals surface area contributed by atoms with Crippen LogP contribution in [0.4, 0.5) is 20.2 Å². The first-order valence-electron chi connectivity index (χ1n) is 4.49. The summed E-state index contributed by atoms with van der Waals surface area (Å²) in [5.74, 6) is -1.27. The summed E-state index contributed by atoms with van der Waals surface area (Å²) >= 11 is 3.23. The zero-order chi connectivity index (χ0) is 11.5. The molecule has 0 amide bonds. The van der Waals surface area contributed by atoms with Gasteiger partial charge in [0.25, 0.3) is 0 Å². The molecule has 1 aromatic heterocycles. The first-order valence-corrected chi connectivity index (χ1v) is 5.28. The molecule has 0 saturated carbocycles. The second kappa shape index (κ2) is 4.57. The Kier molecular flexibility index (Phi) is 3.14. The fourth-order valence-electron chi connectivity index (χ4n) is 1.23. The van der Waals surface area contributed by atoms with Crippen molar-refractivity contribution in [2.24, 2.45) is 0 Å². The van der Waals surface area contributed by atoms with Gasteiger partial charge in [-0.1, -0.05) is 6.07 Å². The molecule has 0 aliphatic heterocycles. The minimum absolute atomic E-state index is 0.172. The maximum atomic E-state index is 13.3. The third kappa shape index (κ3) is 2.19. The van der Waals surface area contributed by atoms with Crippen molar-refractivity contribution in [1.29, 1.82) is 0 Å². The Labute approximate surface area is 99.5 Å². The number of anilines is 2. The summed E-state index contributed by atoms with van der Waals surface area (Å²) in [7, 11) is 0. The quantitative estimate of drug-likeness (QED) is 0.906. The highest BCUT2D eigenvalue weighted by molar-refractivity contribution is 9.10. The lowest BCUT2D eigenvalue weighted by Gasteiger charge is -2.09. The van der Waals surface area contributed by atoms with Crippen LogP contribution >= 0.6 is 15.9 Å². The van der Waals surface area contributed by atoms with Crippen LogP contribution < -0.4 is 5.32 Å². The van der Waals surface area contributed by atoms with Gasteiger partial charge >= 0.3 is 0 Å². The minimum Gasteiger partial charge on any atom is -0.350 e. The van der Waals surface area contributed by atoms with Crippen LogP contribution in [0.15, 0.2) is 41.1 Å². The summed E-state index contributed by atoms with van der Waals surface area (Å²) in [5, 5.41) is 2.67. The Morgan fingerprint density at radius 3 is 2.44 bits per heavy atom. The molecule has 0 aliphatic rings. The standard InChI is InChI=1S/C11H7BrF2N2/c12-7-6-15-5-4-10(7)16-11-8(13)2-1-3-9(11)14/h1-6H,(H,15,16). The number of para-hydroxylation sites is 1. The van der Waals surface area contributed by atoms with E-state index in [1.54, 1.807) is 12.3 Å². The molecule has 0 saturated heterocycles. The van der Waals surface area contributed by atoms with E-state index in [4.69, 9.17) is 0 Å². The predicted molar refractivity (Wildman–Crippen MR) is 61.6 cm³/mol. The molecule has 5 heteroatoms. The smallest absolute Gasteiger partial charge is 0.149 e. The molecular weight excluding hydrogens is 278 g/mol. The highest BCUT2D eigenvalue weighted by Gasteiger charge is 2.09. The summed E-state index contributed by atoms with van der Waals surface area (Å²) in [6.45, 7) is 0. The average Bonchev–Trinajstić information content (AvgIpc) is 2.26. The van der Waals surface area contributed by atoms with E-state index >= 15 is 0 Å². The molecule has 0 spiro atoms. The van der Waals surface area contributed by atoms with Crippen molar-refractivity contribution >= 4 is 27.3 Å². The fraction of sp³-hybridized carbons (Fsp3) is 0. The summed E-state index contributed by atoms with van der Waals surface area (Å²) in [6.07, 6.45) is 3.08. The molecule has 16 heavy (non-hydrogen) atoms. The molecule has 0 radical (unpaired) electrons. The van der Waals surface area contributed by atoms with Crippen molar-refractivity contribution < 1.29 is 8.78 Å². The van der Waals surface area contributed by atoms with Gasteiger partial charge < -0.3 is 5.32 Å². The molecule has 2 aromatic rings. The van der Waals surface area contributed by atoms with Gasteiger partial charge in [-0.25, -0.2) is 8.78 Å². The number of nitrogens with one attached hydrogen (secondary N) is 1. The van der Waals surface area contributed by atoms with Gasteiger partial charge in [-0.05, 0) is 34.1 Å². The minimum atomic E-state index is -0.635. The second-order valence-corrected chi connectivity index (χ2v) is 3.93. The predicted octanol–water partition coefficient (Wildman–Crippen LogP) is 3.87. The van der Waals surface area contributed by atoms with Crippen LogP contribution in [0.2, 0.25) is 0 Å². The van der Waals surface area contributed by atoms with Crippen molar-refractivity contribution in [2.75, 3.05) is 5.32 Å². The second-order valence-electron chi connectivity index (χ2n) is 3.08. The van der Waals surface area contributed by atoms with Crippen LogP contribution in [0.25, 0.3) is 0 Å². The summed E-state index contributed by atoms with van der Waals surface area (Å²) in [6, 6.07) is 5.33. The molecule has 0 aliphatic carbocycles. The zero-order valence-electron chi connectivity index (χ0n) is 8.05. The van der Waals surface area contributed by atoms with E-state index in [0.717, 1.165) is 0 Å². The van der Waals surface area contributed by atoms with E-state index in [2.05, 4.69) is 26.2 Å². The Morgan fingerprint density at radius 1 is 1.12 bits per heavy atom. The number of aromatic nitrogens is 1. The van der Waals surface area contributed by atoms with Crippen molar-refractivity contribution in [3.8, 4) is 0 Å². The van der Waals surface area contributed by atoms with E-state index < -0.39 is 11.6 Å². The van der Waals surface area contributed by atoms with Crippen molar-refractivity contribution in [1.82, 2.24) is 4.98 Å². The lowest BCUT2D eigenvalue weighted by atomic mass is 10.2. The first kappa shape index (κ1) is 11.0. The Bertz CT molecular complexity index is 497. The number of pyridine rings is 1. The van der Waals surface area contributed by atoms with E-state index in [1.807, 2.05) is 0 Å². The lowest BCUT2D eigenvalue weighted by molar-refractivity contribution is 0.591. The van der Waals surface area contributed by atoms with Gasteiger partial charge in [-0.2, -0.15) is 0 Å². The van der Waals surface area contributed by atoms with Crippen molar-refractivity contribution in [2.45, 2.75) is 0 Å². The van der Waals surface area contributed by atoms with Crippen LogP contribution in [-0.4, -0.2) is 4.98 Å². The van der Waals surface area contributed by atoms with E-state index in [9.17, 15) is 8.78 Å². The van der Waals surface area contributed by atoms with Gasteiger partial charge in [0, 0.05) is 12.4 Å². The molecule has 0 unspecified atom stereocenters. The zero-order valence-corrected chi connectivity index (χ0v) is 9.63. The SMILES string of the molecule is Fc1cccc(F)c1Nc1ccncc1Br. The monoisotopic (exact) mass is 284 g/mol. The normalized spacial score (nSPS) is 10.2. The molecule has 2 nitrogen and oxygen atoms in total. The highest BCUT2D eigenvalue weighted by atomic mass is 79.9. The largest absolute Gasteiger partial charge is 0.350 e. The van der Waals surface area contributed by atoms with Crippen molar-refractivity contribution in [3.63, 3.8) is 0 Å². The average molecular weight is 285 g/mol. The molecule has 1 N–H and O–H groups in total. The lowest BCUT2D eigenvalue weighted by Crippen LogP contribution is -1.98. The van der Waals surface area contributed by atoms with Crippen molar-refractivity contribution in [3.05, 3.63) is 52.8 Å². The van der Waals surface area contributed by atoms with Gasteiger partial charge in [0.1, 0.15) is 17.3 Å². The van der Waals surface area contributed by atoms with Gasteiger partial charge in [0.2, 0.25) is 0 Å². The summed E-state index contributed by atoms with van der Waals surface area (Å²) in [4.78, 5) is 3.86. The van der Waals surface area contributed by atoms with Crippen LogP contribution in [-0.2, 0) is 0 Å². The maximum absolute atomic E-state index is 13.3. The Hall–Kier alpha value is -1.49. The van der Waals surface area contributed by atoms with Crippen LogP contribution in [0, 0.1) is 11.6 Å². The van der Waals surface area contributed by atoms with Gasteiger partial charge in [0.05, 0.1) is 10.2 Å². The van der Waals surface area contributed by atoms with Crippen LogP contribution in [0.5, 0.6) is 0 Å². The maximum Gasteiger partial charge on any atom is 0.149 e. The molecule has 1 aromatic carbocycles. The highest BCUT2D eigenvalue weighted by Crippen LogP contribution is 2.27. The summed E-state index contributed by atoms with van der Waals surface area (Å²) < 4.78 is 27.3. The van der Waals surface area contributed by atoms with Gasteiger partial charge in [-0.15, -0.1) is 0 Å². The number of hydrogen-bond acceptors (Lipinski definition) is 2. The number of nitrogens with zero attached hydrogens (tertiary/aromatic N) is 1. The van der Waals surface area contributed by atoms with E-state index in [1.165, 1.54) is 24.4 Å². The number of halogens is 3. The topological polar surface area (TPSA) is 24.9 Å². The Morgan fingerprint density at radius 2 is 1.81 bits per heavy atom. The molecular formula is C11H7BrF2N2. The van der Waals surface area contributed by atoms with E-state index in [0.29, 0.717) is 10.2 Å². The number of rotatable bonds is 2. The van der Waals surface area contributed by atoms with Crippen LogP contribution in [0.1, 0.15) is 0 Å². The Balaban J connectivity index is 2.38. The van der Waals surface area contributed by atoms with Gasteiger partial charge in [0.15, 0.2) is 0 Å². The fourth-order valence-corrected chi connectivity index (χ4v) is 1.58. The molecule has 0 fully saturated rings. The molecule has 0 bridgehead atoms. The summed E-state index contributed by atoms with van der Waals surface area (Å²) in [5.41, 5.74) is 0.383. The number of benzene rings is 1. The van der Waals surface area contributed by atoms with Crippen LogP contribution in [0.3, 0.4) is 0 Å². The molecule has 2 rings (SSSR count). The van der Waals surface area contributed by atoms with E-state index in [-0.39, 0.29) is 5.69 Å².